The molecule has 0 radical (unpaired) electrons. The number of aliphatic hydroxyl groups excluding tert-OH is 1. The fourth-order valence-electron chi connectivity index (χ4n) is 5.49. The summed E-state index contributed by atoms with van der Waals surface area (Å²) < 4.78 is 10.9. The second-order valence-corrected chi connectivity index (χ2v) is 10.1. The smallest absolute Gasteiger partial charge is 0.0839 e. The van der Waals surface area contributed by atoms with Crippen LogP contribution in [0.15, 0.2) is 48.8 Å². The maximum Gasteiger partial charge on any atom is 0.0839 e. The molecule has 2 saturated heterocycles. The number of aliphatic hydroxyl groups is 1. The highest BCUT2D eigenvalue weighted by atomic mass is 16.5. The molecule has 9 nitrogen and oxygen atoms in total. The molecule has 1 unspecified atom stereocenters. The molecule has 0 aliphatic carbocycles. The number of nitrogens with zero attached hydrogens (tertiary/aromatic N) is 4. The van der Waals surface area contributed by atoms with Gasteiger partial charge in [0.25, 0.3) is 0 Å². The molecule has 2 aliphatic rings. The summed E-state index contributed by atoms with van der Waals surface area (Å²) in [7, 11) is 0. The Balaban J connectivity index is 1.21. The van der Waals surface area contributed by atoms with E-state index in [1.165, 1.54) is 0 Å². The molecule has 2 fully saturated rings. The standard InChI is InChI=1S/C29H36N6O3/c36-21(20-35-13-17-38-18-14-35)19-33-27-6-8-32-29-23-1-3-24-26(30-9-10-34-11-15-37-16-12-34)5-7-31-28(24)22(23)2-4-25(27)29/h1-8,21,36H,9-20H2,(H,30,31)(H,32,33). The minimum Gasteiger partial charge on any atom is -0.390 e. The van der Waals surface area contributed by atoms with Crippen molar-refractivity contribution in [2.24, 2.45) is 0 Å². The van der Waals surface area contributed by atoms with E-state index in [4.69, 9.17) is 19.4 Å². The predicted octanol–water partition coefficient (Wildman–Crippen LogP) is 2.79. The van der Waals surface area contributed by atoms with Crippen molar-refractivity contribution in [1.29, 1.82) is 0 Å². The Hall–Kier alpha value is -3.08. The van der Waals surface area contributed by atoms with Crippen LogP contribution in [0.2, 0.25) is 0 Å². The summed E-state index contributed by atoms with van der Waals surface area (Å²) in [5.74, 6) is 0. The van der Waals surface area contributed by atoms with Gasteiger partial charge in [0.15, 0.2) is 0 Å². The number of pyridine rings is 2. The second-order valence-electron chi connectivity index (χ2n) is 10.1. The molecule has 0 saturated carbocycles. The van der Waals surface area contributed by atoms with Crippen molar-refractivity contribution in [1.82, 2.24) is 19.8 Å². The maximum absolute atomic E-state index is 10.6. The molecule has 0 amide bonds. The molecule has 0 bridgehead atoms. The van der Waals surface area contributed by atoms with Crippen LogP contribution >= 0.6 is 0 Å². The van der Waals surface area contributed by atoms with Crippen LogP contribution in [0.5, 0.6) is 0 Å². The van der Waals surface area contributed by atoms with Crippen molar-refractivity contribution < 1.29 is 14.6 Å². The molecule has 6 rings (SSSR count). The van der Waals surface area contributed by atoms with Crippen molar-refractivity contribution in [2.75, 3.05) is 89.4 Å². The molecule has 4 heterocycles. The monoisotopic (exact) mass is 516 g/mol. The van der Waals surface area contributed by atoms with Gasteiger partial charge in [-0.2, -0.15) is 0 Å². The van der Waals surface area contributed by atoms with Crippen LogP contribution in [0.25, 0.3) is 32.6 Å². The molecule has 2 aromatic carbocycles. The molecule has 200 valence electrons. The summed E-state index contributed by atoms with van der Waals surface area (Å²) in [4.78, 5) is 14.2. The first-order valence-electron chi connectivity index (χ1n) is 13.6. The quantitative estimate of drug-likeness (QED) is 0.290. The minimum atomic E-state index is -0.459. The van der Waals surface area contributed by atoms with E-state index in [9.17, 15) is 5.11 Å². The van der Waals surface area contributed by atoms with Crippen LogP contribution < -0.4 is 10.6 Å². The Morgan fingerprint density at radius 3 is 1.84 bits per heavy atom. The zero-order chi connectivity index (χ0) is 25.7. The third-order valence-corrected chi connectivity index (χ3v) is 7.56. The van der Waals surface area contributed by atoms with Crippen LogP contribution in [0.3, 0.4) is 0 Å². The number of hydrogen-bond donors (Lipinski definition) is 3. The van der Waals surface area contributed by atoms with Crippen LogP contribution in [0.1, 0.15) is 0 Å². The van der Waals surface area contributed by atoms with Gasteiger partial charge in [0, 0.05) is 97.7 Å². The second kappa shape index (κ2) is 11.8. The largest absolute Gasteiger partial charge is 0.390 e. The van der Waals surface area contributed by atoms with Crippen LogP contribution in [0, 0.1) is 0 Å². The van der Waals surface area contributed by atoms with Gasteiger partial charge in [0.1, 0.15) is 0 Å². The van der Waals surface area contributed by atoms with Crippen LogP contribution in [0.4, 0.5) is 11.4 Å². The van der Waals surface area contributed by atoms with E-state index in [0.29, 0.717) is 13.1 Å². The van der Waals surface area contributed by atoms with Gasteiger partial charge in [-0.15, -0.1) is 0 Å². The van der Waals surface area contributed by atoms with Gasteiger partial charge in [-0.25, -0.2) is 0 Å². The van der Waals surface area contributed by atoms with Gasteiger partial charge < -0.3 is 25.2 Å². The minimum absolute atomic E-state index is 0.459. The lowest BCUT2D eigenvalue weighted by molar-refractivity contribution is 0.0171. The van der Waals surface area contributed by atoms with Gasteiger partial charge in [0.2, 0.25) is 0 Å². The third kappa shape index (κ3) is 5.52. The van der Waals surface area contributed by atoms with Crippen LogP contribution in [-0.2, 0) is 9.47 Å². The highest BCUT2D eigenvalue weighted by Gasteiger charge is 2.16. The highest BCUT2D eigenvalue weighted by Crippen LogP contribution is 2.34. The predicted molar refractivity (Wildman–Crippen MR) is 152 cm³/mol. The normalized spacial score (nSPS) is 18.2. The van der Waals surface area contributed by atoms with Crippen molar-refractivity contribution in [2.45, 2.75) is 6.10 Å². The number of nitrogens with one attached hydrogen (secondary N) is 2. The number of ether oxygens (including phenoxy) is 2. The zero-order valence-electron chi connectivity index (χ0n) is 21.7. The summed E-state index contributed by atoms with van der Waals surface area (Å²) >= 11 is 0. The Morgan fingerprint density at radius 1 is 0.711 bits per heavy atom. The topological polar surface area (TPSA) is 95.0 Å². The molecule has 2 aliphatic heterocycles. The van der Waals surface area contributed by atoms with Crippen molar-refractivity contribution in [3.05, 3.63) is 48.8 Å². The molecule has 0 spiro atoms. The van der Waals surface area contributed by atoms with Crippen molar-refractivity contribution >= 4 is 44.0 Å². The lowest BCUT2D eigenvalue weighted by Gasteiger charge is -2.28. The molecule has 9 heteroatoms. The Kier molecular flexibility index (Phi) is 7.80. The molecule has 1 atom stereocenters. The SMILES string of the molecule is OC(CNc1ccnc2c1ccc1c2ccc2c(NCCN3CCOCC3)ccnc21)CN1CCOCC1. The lowest BCUT2D eigenvalue weighted by atomic mass is 10.0. The summed E-state index contributed by atoms with van der Waals surface area (Å²) in [6, 6.07) is 12.6. The first-order chi connectivity index (χ1) is 18.8. The number of anilines is 2. The molecule has 38 heavy (non-hydrogen) atoms. The summed E-state index contributed by atoms with van der Waals surface area (Å²) in [5, 5.41) is 22.0. The number of β-amino-alcohol motifs (C(OH)–C–C–N with tert-alkyl or cyclic N) is 1. The molecular weight excluding hydrogens is 480 g/mol. The Labute approximate surface area is 222 Å². The van der Waals surface area contributed by atoms with Crippen molar-refractivity contribution in [3.8, 4) is 0 Å². The van der Waals surface area contributed by atoms with Crippen LogP contribution in [-0.4, -0.2) is 110 Å². The molecular formula is C29H36N6O3. The summed E-state index contributed by atoms with van der Waals surface area (Å²) in [6.45, 7) is 9.82. The van der Waals surface area contributed by atoms with Crippen molar-refractivity contribution in [3.63, 3.8) is 0 Å². The maximum atomic E-state index is 10.6. The van der Waals surface area contributed by atoms with E-state index >= 15 is 0 Å². The summed E-state index contributed by atoms with van der Waals surface area (Å²) in [6.07, 6.45) is 3.25. The van der Waals surface area contributed by atoms with E-state index < -0.39 is 6.10 Å². The van der Waals surface area contributed by atoms with E-state index in [1.807, 2.05) is 18.5 Å². The lowest BCUT2D eigenvalue weighted by Crippen LogP contribution is -2.42. The van der Waals surface area contributed by atoms with Gasteiger partial charge in [-0.05, 0) is 12.1 Å². The van der Waals surface area contributed by atoms with Gasteiger partial charge in [-0.1, -0.05) is 24.3 Å². The fraction of sp³-hybridized carbons (Fsp3) is 0.448. The zero-order valence-corrected chi connectivity index (χ0v) is 21.7. The van der Waals surface area contributed by atoms with E-state index in [1.54, 1.807) is 0 Å². The number of aromatic nitrogens is 2. The Morgan fingerprint density at radius 2 is 1.24 bits per heavy atom. The number of benzene rings is 2. The first kappa shape index (κ1) is 25.2. The Bertz CT molecular complexity index is 1390. The molecule has 2 aromatic heterocycles. The van der Waals surface area contributed by atoms with E-state index in [0.717, 1.165) is 110 Å². The fourth-order valence-corrected chi connectivity index (χ4v) is 5.49. The van der Waals surface area contributed by atoms with Gasteiger partial charge >= 0.3 is 0 Å². The number of fused-ring (bicyclic) bond motifs is 5. The average molecular weight is 517 g/mol. The van der Waals surface area contributed by atoms with E-state index in [-0.39, 0.29) is 0 Å². The first-order valence-corrected chi connectivity index (χ1v) is 13.6. The molecule has 4 aromatic rings. The average Bonchev–Trinajstić information content (AvgIpc) is 2.97. The number of morpholine rings is 2. The summed E-state index contributed by atoms with van der Waals surface area (Å²) in [5.41, 5.74) is 3.99. The van der Waals surface area contributed by atoms with Gasteiger partial charge in [0.05, 0.1) is 43.6 Å². The molecule has 3 N–H and O–H groups in total. The van der Waals surface area contributed by atoms with E-state index in [2.05, 4.69) is 50.8 Å². The van der Waals surface area contributed by atoms with Gasteiger partial charge in [-0.3, -0.25) is 19.8 Å². The number of hydrogen-bond acceptors (Lipinski definition) is 9. The highest BCUT2D eigenvalue weighted by molar-refractivity contribution is 6.18. The third-order valence-electron chi connectivity index (χ3n) is 7.56. The number of rotatable bonds is 9.